The Kier molecular flexibility index (Phi) is 8.67. The van der Waals surface area contributed by atoms with Gasteiger partial charge in [0.1, 0.15) is 11.5 Å². The number of likely N-dealkylation sites (N-methyl/N-ethyl adjacent to an activating group) is 1. The van der Waals surface area contributed by atoms with E-state index < -0.39 is 40.7 Å². The second kappa shape index (κ2) is 12.4. The van der Waals surface area contributed by atoms with Crippen LogP contribution < -0.4 is 25.4 Å². The number of halogens is 4. The first kappa shape index (κ1) is 30.0. The van der Waals surface area contributed by atoms with Gasteiger partial charge in [0.05, 0.1) is 36.3 Å². The van der Waals surface area contributed by atoms with Crippen molar-refractivity contribution in [2.24, 2.45) is 0 Å². The zero-order valence-corrected chi connectivity index (χ0v) is 23.8. The number of ether oxygens (including phenoxy) is 1. The Morgan fingerprint density at radius 3 is 2.56 bits per heavy atom. The Bertz CT molecular complexity index is 1600. The van der Waals surface area contributed by atoms with Gasteiger partial charge in [0, 0.05) is 62.7 Å². The molecule has 10 nitrogen and oxygen atoms in total. The minimum absolute atomic E-state index is 0.0341. The van der Waals surface area contributed by atoms with Gasteiger partial charge in [0.2, 0.25) is 11.5 Å². The van der Waals surface area contributed by atoms with E-state index in [1.54, 1.807) is 15.9 Å². The lowest BCUT2D eigenvalue weighted by atomic mass is 9.97. The molecular weight excluding hydrogens is 570 g/mol. The molecule has 0 radical (unpaired) electrons. The van der Waals surface area contributed by atoms with E-state index in [1.807, 2.05) is 14.0 Å². The first-order valence-corrected chi connectivity index (χ1v) is 13.7. The van der Waals surface area contributed by atoms with E-state index in [4.69, 9.17) is 4.74 Å². The van der Waals surface area contributed by atoms with Gasteiger partial charge in [-0.05, 0) is 26.0 Å². The molecule has 0 saturated carbocycles. The predicted octanol–water partition coefficient (Wildman–Crippen LogP) is 4.08. The first-order valence-electron chi connectivity index (χ1n) is 13.7. The van der Waals surface area contributed by atoms with E-state index >= 15 is 8.78 Å². The molecule has 1 atom stereocenters. The predicted molar refractivity (Wildman–Crippen MR) is 154 cm³/mol. The minimum atomic E-state index is -3.13. The van der Waals surface area contributed by atoms with Gasteiger partial charge in [-0.1, -0.05) is 6.08 Å². The number of aromatic nitrogens is 3. The van der Waals surface area contributed by atoms with E-state index in [9.17, 15) is 18.4 Å². The van der Waals surface area contributed by atoms with Crippen LogP contribution in [0.4, 0.5) is 34.9 Å². The molecule has 3 aromatic rings. The fourth-order valence-corrected chi connectivity index (χ4v) is 5.26. The van der Waals surface area contributed by atoms with Crippen LogP contribution in [0.15, 0.2) is 41.6 Å². The molecule has 0 spiro atoms. The molecule has 2 aromatic heterocycles. The van der Waals surface area contributed by atoms with Crippen LogP contribution in [0, 0.1) is 11.6 Å². The Labute approximate surface area is 245 Å². The maximum atomic E-state index is 16.5. The summed E-state index contributed by atoms with van der Waals surface area (Å²) in [7, 11) is 3.42. The lowest BCUT2D eigenvalue weighted by Gasteiger charge is -2.40. The van der Waals surface area contributed by atoms with Crippen molar-refractivity contribution in [3.63, 3.8) is 0 Å². The number of methoxy groups -OCH3 is 1. The van der Waals surface area contributed by atoms with Crippen molar-refractivity contribution in [2.75, 3.05) is 62.0 Å². The smallest absolute Gasteiger partial charge is 0.264 e. The number of alkyl halides is 2. The number of carbonyl (C=O) groups excluding carboxylic acids is 1. The topological polar surface area (TPSA) is 107 Å². The van der Waals surface area contributed by atoms with Crippen LogP contribution in [0.1, 0.15) is 41.3 Å². The summed E-state index contributed by atoms with van der Waals surface area (Å²) in [5, 5.41) is 2.42. The Morgan fingerprint density at radius 2 is 1.88 bits per heavy atom. The number of piperazine rings is 1. The molecule has 1 fully saturated rings. The Hall–Kier alpha value is -4.46. The number of benzene rings is 1. The quantitative estimate of drug-likeness (QED) is 0.391. The second-order valence-electron chi connectivity index (χ2n) is 10.5. The molecule has 2 aliphatic rings. The van der Waals surface area contributed by atoms with Gasteiger partial charge in [0.15, 0.2) is 11.6 Å². The molecule has 1 aromatic carbocycles. The fraction of sp³-hybridized carbons (Fsp3) is 0.379. The summed E-state index contributed by atoms with van der Waals surface area (Å²) in [4.78, 5) is 41.3. The number of aromatic amines is 1. The molecule has 14 heteroatoms. The highest BCUT2D eigenvalue weighted by molar-refractivity contribution is 6.07. The zero-order valence-electron chi connectivity index (χ0n) is 23.8. The van der Waals surface area contributed by atoms with Gasteiger partial charge in [-0.15, -0.1) is 0 Å². The summed E-state index contributed by atoms with van der Waals surface area (Å²) in [5.74, 6) is -2.14. The highest BCUT2D eigenvalue weighted by Crippen LogP contribution is 2.39. The second-order valence-corrected chi connectivity index (χ2v) is 10.5. The van der Waals surface area contributed by atoms with E-state index in [-0.39, 0.29) is 29.5 Å². The molecule has 1 amide bonds. The van der Waals surface area contributed by atoms with Crippen molar-refractivity contribution in [3.8, 4) is 5.75 Å². The maximum Gasteiger partial charge on any atom is 0.264 e. The lowest BCUT2D eigenvalue weighted by molar-refractivity contribution is 0.101. The standard InChI is InChI=1S/C29H31F4N7O3/c1-16-14-39(8-7-38(16)2)22-10-21(30)24(17-5-4-6-40(15-17)29-35-11-18(43-3)12-36-29)25(31)26(22)37-28(42)20-13-34-23(41)9-19(20)27(32)33/h5,9-13,16,27H,4,6-8,14-15H2,1-3H3,(H,34,41)(H,37,42)/t16-/m0/s1. The number of pyridine rings is 1. The van der Waals surface area contributed by atoms with E-state index in [0.717, 1.165) is 12.3 Å². The third kappa shape index (κ3) is 6.19. The van der Waals surface area contributed by atoms with Crippen LogP contribution >= 0.6 is 0 Å². The van der Waals surface area contributed by atoms with Crippen molar-refractivity contribution in [1.82, 2.24) is 19.9 Å². The molecular formula is C29H31F4N7O3. The van der Waals surface area contributed by atoms with Gasteiger partial charge in [0.25, 0.3) is 12.3 Å². The summed E-state index contributed by atoms with van der Waals surface area (Å²) in [5.41, 5.74) is -2.45. The van der Waals surface area contributed by atoms with Crippen molar-refractivity contribution in [2.45, 2.75) is 25.8 Å². The van der Waals surface area contributed by atoms with Gasteiger partial charge < -0.3 is 29.7 Å². The number of rotatable bonds is 7. The number of hydrogen-bond acceptors (Lipinski definition) is 8. The number of amides is 1. The van der Waals surface area contributed by atoms with Crippen LogP contribution in [-0.4, -0.2) is 78.7 Å². The highest BCUT2D eigenvalue weighted by Gasteiger charge is 2.31. The number of H-pyrrole nitrogens is 1. The average molecular weight is 602 g/mol. The normalized spacial score (nSPS) is 17.7. The molecule has 2 N–H and O–H groups in total. The summed E-state index contributed by atoms with van der Waals surface area (Å²) in [6, 6.07) is 1.82. The molecule has 5 rings (SSSR count). The van der Waals surface area contributed by atoms with Crippen LogP contribution in [0.25, 0.3) is 5.57 Å². The number of anilines is 3. The summed E-state index contributed by atoms with van der Waals surface area (Å²) < 4.78 is 64.9. The van der Waals surface area contributed by atoms with Crippen LogP contribution in [-0.2, 0) is 0 Å². The van der Waals surface area contributed by atoms with E-state index in [2.05, 4.69) is 25.2 Å². The largest absolute Gasteiger partial charge is 0.494 e. The van der Waals surface area contributed by atoms with Gasteiger partial charge >= 0.3 is 0 Å². The molecule has 0 aliphatic carbocycles. The SMILES string of the molecule is COc1cnc(N2CCC=C(c3c(F)cc(N4CCN(C)[C@@H](C)C4)c(NC(=O)c4c[nH]c(=O)cc4C(F)F)c3F)C2)nc1. The van der Waals surface area contributed by atoms with Crippen molar-refractivity contribution in [3.05, 3.63) is 75.5 Å². The van der Waals surface area contributed by atoms with Gasteiger partial charge in [-0.2, -0.15) is 0 Å². The lowest BCUT2D eigenvalue weighted by Crippen LogP contribution is -2.50. The Balaban J connectivity index is 1.55. The highest BCUT2D eigenvalue weighted by atomic mass is 19.3. The molecule has 0 unspecified atom stereocenters. The molecule has 1 saturated heterocycles. The maximum absolute atomic E-state index is 16.5. The molecule has 0 bridgehead atoms. The average Bonchev–Trinajstić information content (AvgIpc) is 3.00. The molecule has 4 heterocycles. The summed E-state index contributed by atoms with van der Waals surface area (Å²) in [6.45, 7) is 3.95. The third-order valence-corrected chi connectivity index (χ3v) is 7.78. The fourth-order valence-electron chi connectivity index (χ4n) is 5.26. The van der Waals surface area contributed by atoms with Gasteiger partial charge in [-0.25, -0.2) is 27.5 Å². The van der Waals surface area contributed by atoms with Crippen molar-refractivity contribution >= 4 is 28.8 Å². The number of carbonyl (C=O) groups is 1. The van der Waals surface area contributed by atoms with Crippen molar-refractivity contribution < 1.29 is 27.1 Å². The zero-order chi connectivity index (χ0) is 30.8. The molecule has 43 heavy (non-hydrogen) atoms. The number of hydrogen-bond donors (Lipinski definition) is 2. The van der Waals surface area contributed by atoms with Crippen LogP contribution in [0.3, 0.4) is 0 Å². The van der Waals surface area contributed by atoms with Gasteiger partial charge in [-0.3, -0.25) is 9.59 Å². The van der Waals surface area contributed by atoms with E-state index in [1.165, 1.54) is 19.5 Å². The van der Waals surface area contributed by atoms with E-state index in [0.29, 0.717) is 55.9 Å². The first-order chi connectivity index (χ1) is 20.6. The number of nitrogens with zero attached hydrogens (tertiary/aromatic N) is 5. The van der Waals surface area contributed by atoms with Crippen molar-refractivity contribution in [1.29, 1.82) is 0 Å². The minimum Gasteiger partial charge on any atom is -0.494 e. The Morgan fingerprint density at radius 1 is 1.14 bits per heavy atom. The third-order valence-electron chi connectivity index (χ3n) is 7.78. The van der Waals surface area contributed by atoms with Crippen LogP contribution in [0.5, 0.6) is 5.75 Å². The number of nitrogens with one attached hydrogen (secondary N) is 2. The monoisotopic (exact) mass is 601 g/mol. The summed E-state index contributed by atoms with van der Waals surface area (Å²) >= 11 is 0. The van der Waals surface area contributed by atoms with Crippen LogP contribution in [0.2, 0.25) is 0 Å². The molecule has 2 aliphatic heterocycles. The summed E-state index contributed by atoms with van der Waals surface area (Å²) in [6.07, 6.45) is 2.86. The molecule has 228 valence electrons.